The van der Waals surface area contributed by atoms with Gasteiger partial charge < -0.3 is 15.2 Å². The Hall–Kier alpha value is -0.930. The average Bonchev–Trinajstić information content (AvgIpc) is 2.42. The second-order valence-corrected chi connectivity index (χ2v) is 3.46. The molecule has 78 valence electrons. The lowest BCUT2D eigenvalue weighted by Gasteiger charge is -2.26. The van der Waals surface area contributed by atoms with Crippen LogP contribution >= 0.6 is 12.4 Å². The number of hydrogen-bond acceptors (Lipinski definition) is 3. The van der Waals surface area contributed by atoms with Gasteiger partial charge in [0.05, 0.1) is 6.04 Å². The summed E-state index contributed by atoms with van der Waals surface area (Å²) in [5.74, 6) is 0.813. The zero-order chi connectivity index (χ0) is 9.47. The van der Waals surface area contributed by atoms with Gasteiger partial charge in [-0.25, -0.2) is 0 Å². The van der Waals surface area contributed by atoms with Crippen LogP contribution in [0.5, 0.6) is 11.5 Å². The van der Waals surface area contributed by atoms with E-state index in [9.17, 15) is 0 Å². The van der Waals surface area contributed by atoms with Crippen LogP contribution in [0.3, 0.4) is 0 Å². The minimum atomic E-state index is -0.719. The van der Waals surface area contributed by atoms with Gasteiger partial charge >= 0.3 is 0 Å². The lowest BCUT2D eigenvalue weighted by atomic mass is 10.2. The Balaban J connectivity index is 0.000000980. The molecule has 1 aromatic rings. The number of fused-ring (bicyclic) bond motifs is 1. The van der Waals surface area contributed by atoms with E-state index in [4.69, 9.17) is 15.2 Å². The monoisotopic (exact) mass is 215 g/mol. The van der Waals surface area contributed by atoms with Crippen molar-refractivity contribution in [3.63, 3.8) is 0 Å². The van der Waals surface area contributed by atoms with Crippen molar-refractivity contribution >= 4 is 12.4 Å². The van der Waals surface area contributed by atoms with Gasteiger partial charge in [-0.1, -0.05) is 12.1 Å². The molecule has 1 unspecified atom stereocenters. The lowest BCUT2D eigenvalue weighted by molar-refractivity contribution is -0.0776. The summed E-state index contributed by atoms with van der Waals surface area (Å²) in [6, 6.07) is 7.41. The molecular formula is C10H14ClNO2. The van der Waals surface area contributed by atoms with Gasteiger partial charge in [-0.3, -0.25) is 0 Å². The van der Waals surface area contributed by atoms with Crippen LogP contribution in [0.2, 0.25) is 0 Å². The fourth-order valence-corrected chi connectivity index (χ4v) is 1.26. The van der Waals surface area contributed by atoms with Crippen LogP contribution in [0, 0.1) is 0 Å². The van der Waals surface area contributed by atoms with Crippen molar-refractivity contribution in [3.05, 3.63) is 24.3 Å². The third kappa shape index (κ3) is 1.65. The van der Waals surface area contributed by atoms with Crippen LogP contribution in [0.4, 0.5) is 0 Å². The Morgan fingerprint density at radius 3 is 2.00 bits per heavy atom. The molecule has 0 saturated carbocycles. The smallest absolute Gasteiger partial charge is 0.263 e. The molecule has 1 atom stereocenters. The fraction of sp³-hybridized carbons (Fsp3) is 0.400. The molecule has 14 heavy (non-hydrogen) atoms. The molecule has 1 aliphatic rings. The van der Waals surface area contributed by atoms with E-state index in [1.807, 2.05) is 38.1 Å². The van der Waals surface area contributed by atoms with E-state index in [0.717, 1.165) is 11.5 Å². The Labute approximate surface area is 89.6 Å². The van der Waals surface area contributed by atoms with Crippen molar-refractivity contribution in [1.29, 1.82) is 0 Å². The molecule has 0 aliphatic carbocycles. The van der Waals surface area contributed by atoms with E-state index in [1.165, 1.54) is 0 Å². The average molecular weight is 216 g/mol. The number of ether oxygens (including phenoxy) is 2. The van der Waals surface area contributed by atoms with Gasteiger partial charge in [0.2, 0.25) is 0 Å². The Morgan fingerprint density at radius 2 is 1.64 bits per heavy atom. The van der Waals surface area contributed by atoms with Gasteiger partial charge in [0.25, 0.3) is 5.79 Å². The highest BCUT2D eigenvalue weighted by Gasteiger charge is 2.39. The molecule has 2 N–H and O–H groups in total. The van der Waals surface area contributed by atoms with E-state index in [1.54, 1.807) is 0 Å². The van der Waals surface area contributed by atoms with Crippen LogP contribution in [0.15, 0.2) is 24.3 Å². The maximum atomic E-state index is 5.76. The first-order valence-electron chi connectivity index (χ1n) is 4.34. The van der Waals surface area contributed by atoms with Crippen LogP contribution in [0.1, 0.15) is 13.8 Å². The summed E-state index contributed by atoms with van der Waals surface area (Å²) in [4.78, 5) is 0. The minimum Gasteiger partial charge on any atom is -0.447 e. The highest BCUT2D eigenvalue weighted by atomic mass is 35.5. The lowest BCUT2D eigenvalue weighted by Crippen LogP contribution is -2.50. The molecule has 0 spiro atoms. The number of para-hydroxylation sites is 2. The van der Waals surface area contributed by atoms with Gasteiger partial charge in [0.15, 0.2) is 11.5 Å². The molecular weight excluding hydrogens is 202 g/mol. The molecule has 1 heterocycles. The summed E-state index contributed by atoms with van der Waals surface area (Å²) in [6.07, 6.45) is 0. The molecule has 0 radical (unpaired) electrons. The van der Waals surface area contributed by atoms with Crippen LogP contribution < -0.4 is 15.2 Å². The zero-order valence-corrected chi connectivity index (χ0v) is 9.01. The van der Waals surface area contributed by atoms with Crippen LogP contribution in [0.25, 0.3) is 0 Å². The Morgan fingerprint density at radius 1 is 1.21 bits per heavy atom. The predicted octanol–water partition coefficient (Wildman–Crippen LogP) is 1.94. The summed E-state index contributed by atoms with van der Waals surface area (Å²) in [5.41, 5.74) is 5.76. The van der Waals surface area contributed by atoms with Crippen molar-refractivity contribution in [1.82, 2.24) is 0 Å². The summed E-state index contributed by atoms with van der Waals surface area (Å²) < 4.78 is 11.2. The second-order valence-electron chi connectivity index (χ2n) is 3.46. The molecule has 0 saturated heterocycles. The quantitative estimate of drug-likeness (QED) is 0.779. The predicted molar refractivity (Wildman–Crippen MR) is 57.0 cm³/mol. The first kappa shape index (κ1) is 11.1. The molecule has 1 aromatic carbocycles. The summed E-state index contributed by atoms with van der Waals surface area (Å²) >= 11 is 0. The topological polar surface area (TPSA) is 44.5 Å². The Kier molecular flexibility index (Phi) is 2.92. The molecule has 3 nitrogen and oxygen atoms in total. The molecule has 2 rings (SSSR count). The number of rotatable bonds is 1. The summed E-state index contributed by atoms with van der Waals surface area (Å²) in [7, 11) is 0. The molecule has 4 heteroatoms. The minimum absolute atomic E-state index is 0. The summed E-state index contributed by atoms with van der Waals surface area (Å²) in [6.45, 7) is 3.71. The van der Waals surface area contributed by atoms with E-state index < -0.39 is 5.79 Å². The third-order valence-corrected chi connectivity index (χ3v) is 2.30. The molecule has 1 aliphatic heterocycles. The standard InChI is InChI=1S/C10H13NO2.ClH/c1-7(11)10(2)12-8-5-3-4-6-9(8)13-10;/h3-7H,11H2,1-2H3;1H. The van der Waals surface area contributed by atoms with Crippen molar-refractivity contribution < 1.29 is 9.47 Å². The van der Waals surface area contributed by atoms with Gasteiger partial charge in [0, 0.05) is 6.92 Å². The van der Waals surface area contributed by atoms with Crippen molar-refractivity contribution in [2.24, 2.45) is 5.73 Å². The van der Waals surface area contributed by atoms with E-state index in [2.05, 4.69) is 0 Å². The maximum Gasteiger partial charge on any atom is 0.263 e. The van der Waals surface area contributed by atoms with Crippen LogP contribution in [-0.4, -0.2) is 11.8 Å². The first-order valence-corrected chi connectivity index (χ1v) is 4.34. The van der Waals surface area contributed by atoms with Gasteiger partial charge in [-0.2, -0.15) is 0 Å². The molecule has 0 bridgehead atoms. The fourth-order valence-electron chi connectivity index (χ4n) is 1.26. The Bertz CT molecular complexity index is 303. The highest BCUT2D eigenvalue weighted by molar-refractivity contribution is 5.85. The number of nitrogens with two attached hydrogens (primary N) is 1. The van der Waals surface area contributed by atoms with Gasteiger partial charge in [-0.05, 0) is 19.1 Å². The van der Waals surface area contributed by atoms with Crippen LogP contribution in [-0.2, 0) is 0 Å². The zero-order valence-electron chi connectivity index (χ0n) is 8.19. The summed E-state index contributed by atoms with van der Waals surface area (Å²) in [5, 5.41) is 0. The normalized spacial score (nSPS) is 18.5. The first-order chi connectivity index (χ1) is 6.12. The largest absolute Gasteiger partial charge is 0.447 e. The molecule has 0 aromatic heterocycles. The van der Waals surface area contributed by atoms with Crippen molar-refractivity contribution in [3.8, 4) is 11.5 Å². The highest BCUT2D eigenvalue weighted by Crippen LogP contribution is 2.39. The van der Waals surface area contributed by atoms with E-state index in [0.29, 0.717) is 0 Å². The van der Waals surface area contributed by atoms with Gasteiger partial charge in [-0.15, -0.1) is 12.4 Å². The van der Waals surface area contributed by atoms with Crippen molar-refractivity contribution in [2.45, 2.75) is 25.7 Å². The van der Waals surface area contributed by atoms with E-state index >= 15 is 0 Å². The number of benzene rings is 1. The van der Waals surface area contributed by atoms with Crippen molar-refractivity contribution in [2.75, 3.05) is 0 Å². The molecule has 0 amide bonds. The second kappa shape index (κ2) is 3.67. The molecule has 0 fully saturated rings. The SMILES string of the molecule is CC(N)C1(C)Oc2ccccc2O1.Cl. The van der Waals surface area contributed by atoms with Gasteiger partial charge in [0.1, 0.15) is 0 Å². The maximum absolute atomic E-state index is 5.76. The number of hydrogen-bond donors (Lipinski definition) is 1. The third-order valence-electron chi connectivity index (χ3n) is 2.30. The number of halogens is 1. The van der Waals surface area contributed by atoms with E-state index in [-0.39, 0.29) is 18.4 Å².